The van der Waals surface area contributed by atoms with Gasteiger partial charge in [-0.05, 0) is 49.9 Å². The topological polar surface area (TPSA) is 66.5 Å². The number of benzene rings is 1. The van der Waals surface area contributed by atoms with E-state index in [1.165, 1.54) is 12.1 Å². The van der Waals surface area contributed by atoms with E-state index in [4.69, 9.17) is 6.42 Å². The van der Waals surface area contributed by atoms with Crippen molar-refractivity contribution in [1.29, 1.82) is 0 Å². The molecule has 0 aliphatic carbocycles. The van der Waals surface area contributed by atoms with Gasteiger partial charge in [-0.1, -0.05) is 12.8 Å². The van der Waals surface area contributed by atoms with Gasteiger partial charge in [-0.2, -0.15) is 4.72 Å². The number of rotatable bonds is 5. The van der Waals surface area contributed by atoms with Crippen LogP contribution in [0, 0.1) is 12.3 Å². The van der Waals surface area contributed by atoms with Gasteiger partial charge in [0.05, 0.1) is 11.4 Å². The second kappa shape index (κ2) is 7.62. The van der Waals surface area contributed by atoms with E-state index < -0.39 is 10.0 Å². The number of likely N-dealkylation sites (tertiary alicyclic amines) is 1. The number of sulfonamides is 1. The predicted molar refractivity (Wildman–Crippen MR) is 89.4 cm³/mol. The molecule has 0 spiro atoms. The second-order valence-electron chi connectivity index (χ2n) is 5.61. The summed E-state index contributed by atoms with van der Waals surface area (Å²) in [7, 11) is -3.62. The van der Waals surface area contributed by atoms with Crippen LogP contribution in [0.3, 0.4) is 0 Å². The fraction of sp³-hybridized carbons (Fsp3) is 0.471. The number of hydrogen-bond acceptors (Lipinski definition) is 3. The molecular weight excluding hydrogens is 312 g/mol. The number of carbonyl (C=O) groups is 1. The lowest BCUT2D eigenvalue weighted by Crippen LogP contribution is -2.43. The van der Waals surface area contributed by atoms with Gasteiger partial charge >= 0.3 is 0 Å². The molecule has 0 aromatic heterocycles. The zero-order valence-electron chi connectivity index (χ0n) is 13.3. The van der Waals surface area contributed by atoms with E-state index in [-0.39, 0.29) is 23.4 Å². The third-order valence-corrected chi connectivity index (χ3v) is 5.55. The van der Waals surface area contributed by atoms with Gasteiger partial charge in [0, 0.05) is 18.2 Å². The van der Waals surface area contributed by atoms with Crippen LogP contribution in [-0.4, -0.2) is 38.4 Å². The molecule has 23 heavy (non-hydrogen) atoms. The number of terminal acetylenes is 1. The van der Waals surface area contributed by atoms with E-state index in [9.17, 15) is 13.2 Å². The molecule has 5 nitrogen and oxygen atoms in total. The average molecular weight is 334 g/mol. The summed E-state index contributed by atoms with van der Waals surface area (Å²) in [5.41, 5.74) is 0.515. The minimum Gasteiger partial charge on any atom is -0.336 e. The van der Waals surface area contributed by atoms with Gasteiger partial charge in [0.15, 0.2) is 0 Å². The third-order valence-electron chi connectivity index (χ3n) is 4.14. The van der Waals surface area contributed by atoms with Crippen LogP contribution < -0.4 is 4.72 Å². The Hall–Kier alpha value is -1.84. The maximum Gasteiger partial charge on any atom is 0.254 e. The van der Waals surface area contributed by atoms with Crippen LogP contribution in [0.1, 0.15) is 43.0 Å². The molecule has 1 heterocycles. The van der Waals surface area contributed by atoms with Crippen molar-refractivity contribution in [2.75, 3.05) is 13.1 Å². The van der Waals surface area contributed by atoms with Gasteiger partial charge in [-0.3, -0.25) is 4.79 Å². The van der Waals surface area contributed by atoms with E-state index in [1.807, 2.05) is 4.90 Å². The molecule has 1 amide bonds. The lowest BCUT2D eigenvalue weighted by molar-refractivity contribution is 0.0608. The van der Waals surface area contributed by atoms with Crippen LogP contribution in [0.15, 0.2) is 29.2 Å². The van der Waals surface area contributed by atoms with Crippen molar-refractivity contribution >= 4 is 15.9 Å². The van der Waals surface area contributed by atoms with Crippen LogP contribution in [0.2, 0.25) is 0 Å². The highest BCUT2D eigenvalue weighted by atomic mass is 32.2. The molecule has 0 saturated carbocycles. The maximum atomic E-state index is 12.6. The fourth-order valence-corrected chi connectivity index (χ4v) is 3.79. The predicted octanol–water partition coefficient (Wildman–Crippen LogP) is 2.00. The van der Waals surface area contributed by atoms with Gasteiger partial charge in [0.25, 0.3) is 5.91 Å². The first-order valence-corrected chi connectivity index (χ1v) is 9.32. The minimum atomic E-state index is -3.62. The van der Waals surface area contributed by atoms with Crippen molar-refractivity contribution in [2.45, 2.75) is 43.5 Å². The van der Waals surface area contributed by atoms with Crippen LogP contribution in [0.5, 0.6) is 0 Å². The molecule has 1 fully saturated rings. The van der Waals surface area contributed by atoms with E-state index >= 15 is 0 Å². The van der Waals surface area contributed by atoms with Crippen LogP contribution >= 0.6 is 0 Å². The molecule has 1 N–H and O–H groups in total. The number of carbonyl (C=O) groups excluding carboxylic acids is 1. The molecule has 6 heteroatoms. The lowest BCUT2D eigenvalue weighted by Gasteiger charge is -2.35. The fourth-order valence-electron chi connectivity index (χ4n) is 2.85. The summed E-state index contributed by atoms with van der Waals surface area (Å²) in [5, 5.41) is 0. The van der Waals surface area contributed by atoms with Crippen molar-refractivity contribution in [3.63, 3.8) is 0 Å². The summed E-state index contributed by atoms with van der Waals surface area (Å²) in [6.45, 7) is 2.79. The van der Waals surface area contributed by atoms with Crippen molar-refractivity contribution in [1.82, 2.24) is 9.62 Å². The maximum absolute atomic E-state index is 12.6. The number of piperidine rings is 1. The Kier molecular flexibility index (Phi) is 5.80. The Morgan fingerprint density at radius 1 is 1.35 bits per heavy atom. The number of nitrogens with one attached hydrogen (secondary N) is 1. The first-order chi connectivity index (χ1) is 11.0. The zero-order chi connectivity index (χ0) is 16.9. The van der Waals surface area contributed by atoms with Gasteiger partial charge in [-0.15, -0.1) is 6.42 Å². The molecule has 1 unspecified atom stereocenters. The first-order valence-electron chi connectivity index (χ1n) is 7.83. The highest BCUT2D eigenvalue weighted by molar-refractivity contribution is 7.89. The molecule has 1 aromatic rings. The van der Waals surface area contributed by atoms with Crippen molar-refractivity contribution in [2.24, 2.45) is 0 Å². The summed E-state index contributed by atoms with van der Waals surface area (Å²) in [5.74, 6) is 2.20. The summed E-state index contributed by atoms with van der Waals surface area (Å²) in [4.78, 5) is 14.6. The lowest BCUT2D eigenvalue weighted by atomic mass is 9.99. The van der Waals surface area contributed by atoms with Crippen LogP contribution in [0.25, 0.3) is 0 Å². The largest absolute Gasteiger partial charge is 0.336 e. The smallest absolute Gasteiger partial charge is 0.254 e. The molecule has 2 rings (SSSR count). The van der Waals surface area contributed by atoms with E-state index in [2.05, 4.69) is 17.6 Å². The molecule has 1 aromatic carbocycles. The summed E-state index contributed by atoms with van der Waals surface area (Å²) >= 11 is 0. The number of nitrogens with zero attached hydrogens (tertiary/aromatic N) is 1. The number of amides is 1. The van der Waals surface area contributed by atoms with Gasteiger partial charge in [0.1, 0.15) is 0 Å². The summed E-state index contributed by atoms with van der Waals surface area (Å²) < 4.78 is 26.2. The third kappa shape index (κ3) is 4.12. The Labute approximate surface area is 138 Å². The van der Waals surface area contributed by atoms with Gasteiger partial charge in [-0.25, -0.2) is 8.42 Å². The number of hydrogen-bond donors (Lipinski definition) is 1. The van der Waals surface area contributed by atoms with E-state index in [0.29, 0.717) is 5.56 Å². The quantitative estimate of drug-likeness (QED) is 0.838. The first kappa shape index (κ1) is 17.5. The van der Waals surface area contributed by atoms with Crippen molar-refractivity contribution in [3.05, 3.63) is 29.8 Å². The Balaban J connectivity index is 2.16. The Bertz CT molecular complexity index is 690. The Morgan fingerprint density at radius 3 is 2.65 bits per heavy atom. The van der Waals surface area contributed by atoms with E-state index in [1.54, 1.807) is 12.1 Å². The molecule has 124 valence electrons. The molecule has 1 atom stereocenters. The van der Waals surface area contributed by atoms with Crippen LogP contribution in [-0.2, 0) is 10.0 Å². The Morgan fingerprint density at radius 2 is 2.04 bits per heavy atom. The molecule has 0 radical (unpaired) electrons. The SMILES string of the molecule is C#CCNS(=O)(=O)c1ccc(C(=O)N2CCCCC2CC)cc1. The molecule has 1 aliphatic heterocycles. The summed E-state index contributed by atoms with van der Waals surface area (Å²) in [6.07, 6.45) is 9.20. The average Bonchev–Trinajstić information content (AvgIpc) is 2.59. The van der Waals surface area contributed by atoms with Crippen molar-refractivity contribution < 1.29 is 13.2 Å². The molecule has 1 aliphatic rings. The minimum absolute atomic E-state index is 0.0305. The van der Waals surface area contributed by atoms with Crippen molar-refractivity contribution in [3.8, 4) is 12.3 Å². The zero-order valence-corrected chi connectivity index (χ0v) is 14.1. The normalized spacial score (nSPS) is 18.4. The van der Waals surface area contributed by atoms with E-state index in [0.717, 1.165) is 32.2 Å². The second-order valence-corrected chi connectivity index (χ2v) is 7.38. The highest BCUT2D eigenvalue weighted by Gasteiger charge is 2.26. The molecule has 1 saturated heterocycles. The van der Waals surface area contributed by atoms with Crippen LogP contribution in [0.4, 0.5) is 0 Å². The van der Waals surface area contributed by atoms with Gasteiger partial charge < -0.3 is 4.90 Å². The summed E-state index contributed by atoms with van der Waals surface area (Å²) in [6, 6.07) is 6.29. The highest BCUT2D eigenvalue weighted by Crippen LogP contribution is 2.22. The van der Waals surface area contributed by atoms with Gasteiger partial charge in [0.2, 0.25) is 10.0 Å². The monoisotopic (exact) mass is 334 g/mol. The standard InChI is InChI=1S/C17H22N2O3S/c1-3-12-18-23(21,22)16-10-8-14(9-11-16)17(20)19-13-6-5-7-15(19)4-2/h1,8-11,15,18H,4-7,12-13H2,2H3. The molecule has 0 bridgehead atoms. The molecular formula is C17H22N2O3S.